The summed E-state index contributed by atoms with van der Waals surface area (Å²) in [6, 6.07) is 18.4. The summed E-state index contributed by atoms with van der Waals surface area (Å²) < 4.78 is 5.46. The zero-order chi connectivity index (χ0) is 19.4. The zero-order valence-electron chi connectivity index (χ0n) is 15.1. The third kappa shape index (κ3) is 4.41. The molecule has 0 aliphatic rings. The number of nitro groups is 1. The van der Waals surface area contributed by atoms with Crippen molar-refractivity contribution >= 4 is 22.4 Å². The molecule has 0 bridgehead atoms. The van der Waals surface area contributed by atoms with Gasteiger partial charge in [-0.2, -0.15) is 0 Å². The molecule has 0 fully saturated rings. The molecule has 1 amide bonds. The van der Waals surface area contributed by atoms with Crippen LogP contribution in [-0.2, 0) is 4.79 Å². The first-order valence-corrected chi connectivity index (χ1v) is 8.60. The third-order valence-electron chi connectivity index (χ3n) is 4.39. The molecule has 27 heavy (non-hydrogen) atoms. The summed E-state index contributed by atoms with van der Waals surface area (Å²) in [7, 11) is 0. The summed E-state index contributed by atoms with van der Waals surface area (Å²) >= 11 is 0. The van der Waals surface area contributed by atoms with E-state index in [1.807, 2.05) is 43.3 Å². The van der Waals surface area contributed by atoms with Crippen LogP contribution < -0.4 is 10.1 Å². The summed E-state index contributed by atoms with van der Waals surface area (Å²) in [5.41, 5.74) is 1.52. The molecule has 6 heteroatoms. The van der Waals surface area contributed by atoms with Crippen molar-refractivity contribution in [2.45, 2.75) is 19.9 Å². The lowest BCUT2D eigenvalue weighted by atomic mass is 10.0. The van der Waals surface area contributed by atoms with E-state index < -0.39 is 4.92 Å². The molecule has 0 saturated heterocycles. The molecule has 3 rings (SSSR count). The van der Waals surface area contributed by atoms with Crippen LogP contribution in [-0.4, -0.2) is 17.4 Å². The zero-order valence-corrected chi connectivity index (χ0v) is 15.1. The molecule has 0 radical (unpaired) electrons. The van der Waals surface area contributed by atoms with Crippen LogP contribution in [0.1, 0.15) is 24.1 Å². The van der Waals surface area contributed by atoms with Crippen LogP contribution in [0.4, 0.5) is 5.69 Å². The van der Waals surface area contributed by atoms with E-state index in [1.165, 1.54) is 12.1 Å². The Labute approximate surface area is 156 Å². The molecule has 0 spiro atoms. The Balaban J connectivity index is 1.59. The predicted octanol–water partition coefficient (Wildman–Crippen LogP) is 4.31. The summed E-state index contributed by atoms with van der Waals surface area (Å²) in [4.78, 5) is 22.6. The molecule has 0 aliphatic carbocycles. The van der Waals surface area contributed by atoms with Crippen LogP contribution in [0.25, 0.3) is 10.8 Å². The van der Waals surface area contributed by atoms with Crippen molar-refractivity contribution in [2.24, 2.45) is 0 Å². The first kappa shape index (κ1) is 18.4. The van der Waals surface area contributed by atoms with Crippen LogP contribution in [0.5, 0.6) is 5.75 Å². The fourth-order valence-corrected chi connectivity index (χ4v) is 2.92. The molecule has 1 atom stereocenters. The lowest BCUT2D eigenvalue weighted by Gasteiger charge is -2.15. The molecular formula is C21H20N2O4. The van der Waals surface area contributed by atoms with Gasteiger partial charge in [0.25, 0.3) is 11.6 Å². The second kappa shape index (κ2) is 7.86. The van der Waals surface area contributed by atoms with E-state index in [4.69, 9.17) is 4.74 Å². The second-order valence-corrected chi connectivity index (χ2v) is 6.39. The van der Waals surface area contributed by atoms with Crippen molar-refractivity contribution in [3.63, 3.8) is 0 Å². The van der Waals surface area contributed by atoms with Crippen molar-refractivity contribution < 1.29 is 14.5 Å². The lowest BCUT2D eigenvalue weighted by Crippen LogP contribution is -2.31. The fraction of sp³-hybridized carbons (Fsp3) is 0.190. The van der Waals surface area contributed by atoms with Gasteiger partial charge >= 0.3 is 0 Å². The molecule has 3 aromatic rings. The lowest BCUT2D eigenvalue weighted by molar-refractivity contribution is -0.385. The number of benzene rings is 3. The number of amides is 1. The minimum atomic E-state index is -0.447. The average Bonchev–Trinajstić information content (AvgIpc) is 2.65. The van der Waals surface area contributed by atoms with Crippen LogP contribution in [0.15, 0.2) is 60.7 Å². The predicted molar refractivity (Wildman–Crippen MR) is 104 cm³/mol. The van der Waals surface area contributed by atoms with Crippen molar-refractivity contribution in [3.8, 4) is 5.75 Å². The minimum absolute atomic E-state index is 0.0247. The number of nitro benzene ring substituents is 1. The Bertz CT molecular complexity index is 1000. The van der Waals surface area contributed by atoms with E-state index in [-0.39, 0.29) is 24.2 Å². The summed E-state index contributed by atoms with van der Waals surface area (Å²) in [6.07, 6.45) is 0. The number of aryl methyl sites for hydroxylation is 1. The number of nitrogens with one attached hydrogen (secondary N) is 1. The number of hydrogen-bond acceptors (Lipinski definition) is 4. The van der Waals surface area contributed by atoms with Gasteiger partial charge in [-0.1, -0.05) is 36.4 Å². The smallest absolute Gasteiger partial charge is 0.272 e. The molecular weight excluding hydrogens is 344 g/mol. The summed E-state index contributed by atoms with van der Waals surface area (Å²) in [6.45, 7) is 3.39. The maximum atomic E-state index is 12.2. The van der Waals surface area contributed by atoms with Gasteiger partial charge in [0.1, 0.15) is 5.75 Å². The summed E-state index contributed by atoms with van der Waals surface area (Å²) in [5, 5.41) is 16.0. The fourth-order valence-electron chi connectivity index (χ4n) is 2.92. The van der Waals surface area contributed by atoms with Crippen molar-refractivity contribution in [3.05, 3.63) is 81.9 Å². The van der Waals surface area contributed by atoms with Gasteiger partial charge in [0, 0.05) is 11.6 Å². The topological polar surface area (TPSA) is 81.5 Å². The van der Waals surface area contributed by atoms with Gasteiger partial charge in [0.05, 0.1) is 11.0 Å². The van der Waals surface area contributed by atoms with Crippen LogP contribution in [0.2, 0.25) is 0 Å². The van der Waals surface area contributed by atoms with Gasteiger partial charge in [-0.3, -0.25) is 14.9 Å². The summed E-state index contributed by atoms with van der Waals surface area (Å²) in [5.74, 6) is 0.165. The molecule has 1 N–H and O–H groups in total. The molecule has 138 valence electrons. The van der Waals surface area contributed by atoms with Crippen molar-refractivity contribution in [1.29, 1.82) is 0 Å². The number of nitrogens with zero attached hydrogens (tertiary/aromatic N) is 1. The first-order chi connectivity index (χ1) is 12.9. The molecule has 3 aromatic carbocycles. The highest BCUT2D eigenvalue weighted by Gasteiger charge is 2.13. The monoisotopic (exact) mass is 364 g/mol. The van der Waals surface area contributed by atoms with Gasteiger partial charge < -0.3 is 10.1 Å². The number of rotatable bonds is 6. The Morgan fingerprint density at radius 3 is 2.56 bits per heavy atom. The Kier molecular flexibility index (Phi) is 5.35. The van der Waals surface area contributed by atoms with Crippen molar-refractivity contribution in [2.75, 3.05) is 6.61 Å². The number of hydrogen-bond donors (Lipinski definition) is 1. The van der Waals surface area contributed by atoms with Gasteiger partial charge in [-0.15, -0.1) is 0 Å². The first-order valence-electron chi connectivity index (χ1n) is 8.60. The number of carbonyl (C=O) groups excluding carboxylic acids is 1. The maximum Gasteiger partial charge on any atom is 0.272 e. The van der Waals surface area contributed by atoms with E-state index in [9.17, 15) is 14.9 Å². The normalized spacial score (nSPS) is 11.8. The molecule has 6 nitrogen and oxygen atoms in total. The second-order valence-electron chi connectivity index (χ2n) is 6.39. The SMILES string of the molecule is Cc1cc(OCC(=O)N[C@H](C)c2ccc3ccccc3c2)ccc1[N+](=O)[O-]. The standard InChI is InChI=1S/C21H20N2O4/c1-14-11-19(9-10-20(14)23(25)26)27-13-21(24)22-15(2)17-8-7-16-5-3-4-6-18(16)12-17/h3-12,15H,13H2,1-2H3,(H,22,24)/t15-/m1/s1. The minimum Gasteiger partial charge on any atom is -0.484 e. The third-order valence-corrected chi connectivity index (χ3v) is 4.39. The molecule has 0 saturated carbocycles. The van der Waals surface area contributed by atoms with Gasteiger partial charge in [0.15, 0.2) is 6.61 Å². The Morgan fingerprint density at radius 2 is 1.85 bits per heavy atom. The van der Waals surface area contributed by atoms with E-state index in [1.54, 1.807) is 13.0 Å². The number of ether oxygens (including phenoxy) is 1. The van der Waals surface area contributed by atoms with E-state index in [0.717, 1.165) is 16.3 Å². The van der Waals surface area contributed by atoms with E-state index in [0.29, 0.717) is 11.3 Å². The highest BCUT2D eigenvalue weighted by atomic mass is 16.6. The van der Waals surface area contributed by atoms with Crippen LogP contribution >= 0.6 is 0 Å². The van der Waals surface area contributed by atoms with Gasteiger partial charge in [0.2, 0.25) is 0 Å². The van der Waals surface area contributed by atoms with Gasteiger partial charge in [-0.25, -0.2) is 0 Å². The van der Waals surface area contributed by atoms with Crippen LogP contribution in [0, 0.1) is 17.0 Å². The Hall–Kier alpha value is -3.41. The van der Waals surface area contributed by atoms with Crippen LogP contribution in [0.3, 0.4) is 0 Å². The maximum absolute atomic E-state index is 12.2. The van der Waals surface area contributed by atoms with Crippen molar-refractivity contribution in [1.82, 2.24) is 5.32 Å². The molecule has 0 aliphatic heterocycles. The van der Waals surface area contributed by atoms with Gasteiger partial charge in [-0.05, 0) is 48.4 Å². The Morgan fingerprint density at radius 1 is 1.11 bits per heavy atom. The quantitative estimate of drug-likeness (QED) is 0.522. The largest absolute Gasteiger partial charge is 0.484 e. The molecule has 0 unspecified atom stereocenters. The number of fused-ring (bicyclic) bond motifs is 1. The molecule has 0 heterocycles. The number of carbonyl (C=O) groups is 1. The highest BCUT2D eigenvalue weighted by molar-refractivity contribution is 5.83. The molecule has 0 aromatic heterocycles. The van der Waals surface area contributed by atoms with E-state index >= 15 is 0 Å². The highest BCUT2D eigenvalue weighted by Crippen LogP contribution is 2.23. The average molecular weight is 364 g/mol. The van der Waals surface area contributed by atoms with E-state index in [2.05, 4.69) is 11.4 Å².